The van der Waals surface area contributed by atoms with Crippen molar-refractivity contribution >= 4 is 33.9 Å². The number of carbonyl (C=O) groups excluding carboxylic acids is 2. The Morgan fingerprint density at radius 2 is 1.94 bits per heavy atom. The highest BCUT2D eigenvalue weighted by atomic mass is 32.1. The number of hydrogen-bond acceptors (Lipinski definition) is 8. The Labute approximate surface area is 188 Å². The number of ether oxygens (including phenoxy) is 2. The highest BCUT2D eigenvalue weighted by molar-refractivity contribution is 7.16. The molecule has 32 heavy (non-hydrogen) atoms. The topological polar surface area (TPSA) is 102 Å². The number of aromatic nitrogens is 2. The number of aliphatic hydroxyl groups excluding tert-OH is 1. The average Bonchev–Trinajstić information content (AvgIpc) is 3.28. The molecule has 0 spiro atoms. The lowest BCUT2D eigenvalue weighted by atomic mass is 9.96. The van der Waals surface area contributed by atoms with E-state index in [2.05, 4.69) is 9.97 Å². The van der Waals surface area contributed by atoms with Gasteiger partial charge in [0.15, 0.2) is 5.13 Å². The van der Waals surface area contributed by atoms with Crippen molar-refractivity contribution in [1.82, 2.24) is 9.97 Å². The van der Waals surface area contributed by atoms with Gasteiger partial charge in [-0.1, -0.05) is 6.07 Å². The van der Waals surface area contributed by atoms with E-state index in [-0.39, 0.29) is 16.9 Å². The minimum Gasteiger partial charge on any atom is -0.507 e. The summed E-state index contributed by atoms with van der Waals surface area (Å²) < 4.78 is 10.6. The maximum atomic E-state index is 13.2. The van der Waals surface area contributed by atoms with Crippen molar-refractivity contribution in [2.24, 2.45) is 0 Å². The molecule has 0 radical (unpaired) electrons. The molecule has 1 N–H and O–H groups in total. The molecule has 1 aromatic carbocycles. The van der Waals surface area contributed by atoms with Gasteiger partial charge >= 0.3 is 5.91 Å². The van der Waals surface area contributed by atoms with Gasteiger partial charge in [-0.15, -0.1) is 11.3 Å². The third kappa shape index (κ3) is 3.50. The van der Waals surface area contributed by atoms with Crippen LogP contribution in [0.25, 0.3) is 5.76 Å². The number of aryl methyl sites for hydroxylation is 2. The molecule has 1 aliphatic heterocycles. The van der Waals surface area contributed by atoms with Crippen LogP contribution >= 0.6 is 11.3 Å². The number of pyridine rings is 1. The van der Waals surface area contributed by atoms with Gasteiger partial charge in [0.05, 0.1) is 37.1 Å². The smallest absolute Gasteiger partial charge is 0.301 e. The molecule has 0 saturated carbocycles. The maximum absolute atomic E-state index is 13.2. The van der Waals surface area contributed by atoms with Crippen LogP contribution < -0.4 is 14.4 Å². The van der Waals surface area contributed by atoms with Crippen LogP contribution in [0.5, 0.6) is 11.5 Å². The van der Waals surface area contributed by atoms with Gasteiger partial charge in [0, 0.05) is 23.3 Å². The summed E-state index contributed by atoms with van der Waals surface area (Å²) in [7, 11) is 2.96. The summed E-state index contributed by atoms with van der Waals surface area (Å²) in [5, 5.41) is 11.6. The molecule has 0 aliphatic carbocycles. The van der Waals surface area contributed by atoms with Crippen LogP contribution in [0.1, 0.15) is 27.7 Å². The zero-order valence-corrected chi connectivity index (χ0v) is 18.8. The number of benzene rings is 1. The number of nitrogens with zero attached hydrogens (tertiary/aromatic N) is 3. The van der Waals surface area contributed by atoms with Crippen molar-refractivity contribution in [1.29, 1.82) is 0 Å². The maximum Gasteiger partial charge on any atom is 0.301 e. The van der Waals surface area contributed by atoms with Gasteiger partial charge in [0.2, 0.25) is 0 Å². The zero-order valence-electron chi connectivity index (χ0n) is 17.9. The first kappa shape index (κ1) is 21.5. The molecule has 1 saturated heterocycles. The number of carbonyl (C=O) groups is 2. The number of amides is 1. The molecule has 3 heterocycles. The second-order valence-electron chi connectivity index (χ2n) is 7.16. The van der Waals surface area contributed by atoms with E-state index in [1.165, 1.54) is 30.5 Å². The number of thiazole rings is 1. The predicted molar refractivity (Wildman–Crippen MR) is 120 cm³/mol. The molecular formula is C23H21N3O5S. The van der Waals surface area contributed by atoms with Gasteiger partial charge in [-0.05, 0) is 37.6 Å². The summed E-state index contributed by atoms with van der Waals surface area (Å²) >= 11 is 1.31. The van der Waals surface area contributed by atoms with Crippen LogP contribution in [-0.2, 0) is 9.59 Å². The second kappa shape index (κ2) is 8.43. The third-order valence-corrected chi connectivity index (χ3v) is 6.40. The van der Waals surface area contributed by atoms with E-state index in [1.54, 1.807) is 42.7 Å². The third-order valence-electron chi connectivity index (χ3n) is 5.33. The lowest BCUT2D eigenvalue weighted by Gasteiger charge is -2.22. The molecule has 3 aromatic rings. The molecule has 1 aliphatic rings. The fourth-order valence-electron chi connectivity index (χ4n) is 3.58. The van der Waals surface area contributed by atoms with E-state index in [0.717, 1.165) is 10.6 Å². The van der Waals surface area contributed by atoms with Crippen molar-refractivity contribution < 1.29 is 24.2 Å². The number of rotatable bonds is 5. The SMILES string of the molecule is COc1ccc(C(O)=C2C(=O)C(=O)N(c3nc(C)c(C)s3)[C@@H]2c2cccnc2)c(OC)c1. The number of Topliss-reactive ketones (excluding diaryl/α,β-unsaturated/α-hetero) is 1. The van der Waals surface area contributed by atoms with Crippen LogP contribution in [0.4, 0.5) is 5.13 Å². The summed E-state index contributed by atoms with van der Waals surface area (Å²) in [6.45, 7) is 3.74. The monoisotopic (exact) mass is 451 g/mol. The van der Waals surface area contributed by atoms with Crippen molar-refractivity contribution in [3.05, 3.63) is 70.0 Å². The summed E-state index contributed by atoms with van der Waals surface area (Å²) in [6, 6.07) is 7.39. The van der Waals surface area contributed by atoms with E-state index >= 15 is 0 Å². The fourth-order valence-corrected chi connectivity index (χ4v) is 4.52. The lowest BCUT2D eigenvalue weighted by molar-refractivity contribution is -0.132. The molecule has 1 amide bonds. The number of ketones is 1. The predicted octanol–water partition coefficient (Wildman–Crippen LogP) is 3.80. The summed E-state index contributed by atoms with van der Waals surface area (Å²) in [5.41, 5.74) is 1.56. The minimum atomic E-state index is -0.888. The Bertz CT molecular complexity index is 1220. The van der Waals surface area contributed by atoms with E-state index < -0.39 is 17.7 Å². The lowest BCUT2D eigenvalue weighted by Crippen LogP contribution is -2.29. The van der Waals surface area contributed by atoms with Crippen LogP contribution in [0, 0.1) is 13.8 Å². The van der Waals surface area contributed by atoms with Crippen molar-refractivity contribution in [3.8, 4) is 11.5 Å². The van der Waals surface area contributed by atoms with E-state index in [0.29, 0.717) is 22.2 Å². The van der Waals surface area contributed by atoms with E-state index in [9.17, 15) is 14.7 Å². The van der Waals surface area contributed by atoms with Gasteiger partial charge in [-0.2, -0.15) is 0 Å². The number of anilines is 1. The number of methoxy groups -OCH3 is 2. The van der Waals surface area contributed by atoms with Crippen molar-refractivity contribution in [2.75, 3.05) is 19.1 Å². The van der Waals surface area contributed by atoms with Gasteiger partial charge in [0.25, 0.3) is 5.78 Å². The van der Waals surface area contributed by atoms with E-state index in [4.69, 9.17) is 9.47 Å². The molecular weight excluding hydrogens is 430 g/mol. The Balaban J connectivity index is 1.96. The fraction of sp³-hybridized carbons (Fsp3) is 0.217. The van der Waals surface area contributed by atoms with Crippen LogP contribution in [0.3, 0.4) is 0 Å². The Morgan fingerprint density at radius 1 is 1.16 bits per heavy atom. The minimum absolute atomic E-state index is 0.0584. The normalized spacial score (nSPS) is 17.6. The molecule has 8 nitrogen and oxygen atoms in total. The first-order valence-corrected chi connectivity index (χ1v) is 10.6. The van der Waals surface area contributed by atoms with Crippen molar-refractivity contribution in [3.63, 3.8) is 0 Å². The van der Waals surface area contributed by atoms with Gasteiger partial charge in [-0.3, -0.25) is 19.5 Å². The second-order valence-corrected chi connectivity index (χ2v) is 8.34. The number of aliphatic hydroxyl groups is 1. The Morgan fingerprint density at radius 3 is 2.53 bits per heavy atom. The highest BCUT2D eigenvalue weighted by Crippen LogP contribution is 2.44. The number of hydrogen-bond donors (Lipinski definition) is 1. The summed E-state index contributed by atoms with van der Waals surface area (Å²) in [5.74, 6) is -1.08. The highest BCUT2D eigenvalue weighted by Gasteiger charge is 2.48. The Hall–Kier alpha value is -3.72. The first-order chi connectivity index (χ1) is 15.4. The molecule has 4 rings (SSSR count). The van der Waals surface area contributed by atoms with Crippen LogP contribution in [0.2, 0.25) is 0 Å². The molecule has 9 heteroatoms. The summed E-state index contributed by atoms with van der Waals surface area (Å²) in [4.78, 5) is 37.2. The molecule has 164 valence electrons. The van der Waals surface area contributed by atoms with Gasteiger partial charge in [0.1, 0.15) is 17.3 Å². The van der Waals surface area contributed by atoms with Crippen LogP contribution in [0.15, 0.2) is 48.3 Å². The molecule has 2 aromatic heterocycles. The first-order valence-electron chi connectivity index (χ1n) is 9.74. The van der Waals surface area contributed by atoms with Gasteiger partial charge < -0.3 is 14.6 Å². The molecule has 0 bridgehead atoms. The Kier molecular flexibility index (Phi) is 5.67. The molecule has 1 fully saturated rings. The average molecular weight is 452 g/mol. The zero-order chi connectivity index (χ0) is 23.0. The van der Waals surface area contributed by atoms with Gasteiger partial charge in [-0.25, -0.2) is 4.98 Å². The van der Waals surface area contributed by atoms with E-state index in [1.807, 2.05) is 13.8 Å². The molecule has 0 unspecified atom stereocenters. The van der Waals surface area contributed by atoms with Crippen molar-refractivity contribution in [2.45, 2.75) is 19.9 Å². The van der Waals surface area contributed by atoms with Crippen LogP contribution in [-0.4, -0.2) is 41.0 Å². The largest absolute Gasteiger partial charge is 0.507 e. The quantitative estimate of drug-likeness (QED) is 0.358. The summed E-state index contributed by atoms with van der Waals surface area (Å²) in [6.07, 6.45) is 3.16. The molecule has 1 atom stereocenters. The standard InChI is InChI=1S/C23H21N3O5S/c1-12-13(2)32-23(25-12)26-19(14-6-5-9-24-11-14)18(21(28)22(26)29)20(27)16-8-7-15(30-3)10-17(16)31-4/h5-11,19,27H,1-4H3/t19-/m1/s1.